The van der Waals surface area contributed by atoms with Crippen LogP contribution >= 0.6 is 11.8 Å². The Morgan fingerprint density at radius 3 is 2.76 bits per heavy atom. The van der Waals surface area contributed by atoms with E-state index in [1.807, 2.05) is 6.26 Å². The summed E-state index contributed by atoms with van der Waals surface area (Å²) in [4.78, 5) is 4.44. The van der Waals surface area contributed by atoms with Gasteiger partial charge in [-0.1, -0.05) is 25.9 Å². The predicted molar refractivity (Wildman–Crippen MR) is 72.3 cm³/mol. The molecule has 1 heterocycles. The van der Waals surface area contributed by atoms with Crippen LogP contribution in [0.15, 0.2) is 4.52 Å². The maximum Gasteiger partial charge on any atom is 0.231 e. The Morgan fingerprint density at radius 2 is 2.18 bits per heavy atom. The van der Waals surface area contributed by atoms with Crippen molar-refractivity contribution in [3.05, 3.63) is 11.7 Å². The molecule has 17 heavy (non-hydrogen) atoms. The summed E-state index contributed by atoms with van der Waals surface area (Å²) in [5.41, 5.74) is 0. The van der Waals surface area contributed by atoms with E-state index in [4.69, 9.17) is 4.52 Å². The minimum atomic E-state index is 0.273. The first kappa shape index (κ1) is 14.5. The van der Waals surface area contributed by atoms with Gasteiger partial charge in [0.25, 0.3) is 0 Å². The molecular formula is C12H23N3OS. The van der Waals surface area contributed by atoms with Crippen LogP contribution < -0.4 is 5.32 Å². The highest BCUT2D eigenvalue weighted by atomic mass is 32.2. The zero-order valence-electron chi connectivity index (χ0n) is 11.2. The van der Waals surface area contributed by atoms with Gasteiger partial charge in [0, 0.05) is 6.04 Å². The molecule has 1 rings (SSSR count). The van der Waals surface area contributed by atoms with Crippen molar-refractivity contribution in [1.29, 1.82) is 0 Å². The molecule has 0 fully saturated rings. The van der Waals surface area contributed by atoms with Gasteiger partial charge < -0.3 is 9.84 Å². The lowest BCUT2D eigenvalue weighted by molar-refractivity contribution is 0.318. The van der Waals surface area contributed by atoms with Crippen LogP contribution in [0.4, 0.5) is 0 Å². The van der Waals surface area contributed by atoms with Gasteiger partial charge in [-0.3, -0.25) is 0 Å². The number of nitrogens with one attached hydrogen (secondary N) is 1. The first-order valence-corrected chi connectivity index (χ1v) is 7.67. The molecule has 5 heteroatoms. The first-order valence-electron chi connectivity index (χ1n) is 6.27. The molecular weight excluding hydrogens is 234 g/mol. The SMILES string of the molecule is CCCNC(CC)C(C)c1nc(CSC)no1. The van der Waals surface area contributed by atoms with Crippen LogP contribution in [0, 0.1) is 0 Å². The third-order valence-electron chi connectivity index (χ3n) is 2.85. The molecule has 1 N–H and O–H groups in total. The molecule has 2 unspecified atom stereocenters. The lowest BCUT2D eigenvalue weighted by atomic mass is 9.99. The third-order valence-corrected chi connectivity index (χ3v) is 3.39. The van der Waals surface area contributed by atoms with Crippen molar-refractivity contribution in [1.82, 2.24) is 15.5 Å². The predicted octanol–water partition coefficient (Wildman–Crippen LogP) is 2.81. The van der Waals surface area contributed by atoms with E-state index in [-0.39, 0.29) is 5.92 Å². The number of hydrogen-bond donors (Lipinski definition) is 1. The summed E-state index contributed by atoms with van der Waals surface area (Å²) in [5.74, 6) is 2.64. The molecule has 2 atom stereocenters. The molecule has 1 aromatic heterocycles. The standard InChI is InChI=1S/C12H23N3OS/c1-5-7-13-10(6-2)9(3)12-14-11(8-17-4)15-16-12/h9-10,13H,5-8H2,1-4H3. The second-order valence-electron chi connectivity index (χ2n) is 4.24. The fraction of sp³-hybridized carbons (Fsp3) is 0.833. The summed E-state index contributed by atoms with van der Waals surface area (Å²) in [5, 5.41) is 7.51. The monoisotopic (exact) mass is 257 g/mol. The smallest absolute Gasteiger partial charge is 0.231 e. The zero-order valence-corrected chi connectivity index (χ0v) is 12.0. The molecule has 0 aliphatic carbocycles. The van der Waals surface area contributed by atoms with Crippen LogP contribution in [-0.2, 0) is 5.75 Å². The van der Waals surface area contributed by atoms with E-state index < -0.39 is 0 Å². The highest BCUT2D eigenvalue weighted by molar-refractivity contribution is 7.97. The maximum atomic E-state index is 5.33. The molecule has 0 aliphatic heterocycles. The molecule has 0 saturated carbocycles. The van der Waals surface area contributed by atoms with E-state index in [0.29, 0.717) is 6.04 Å². The number of rotatable bonds is 8. The molecule has 0 amide bonds. The number of aromatic nitrogens is 2. The van der Waals surface area contributed by atoms with Crippen molar-refractivity contribution in [2.24, 2.45) is 0 Å². The third kappa shape index (κ3) is 4.32. The zero-order chi connectivity index (χ0) is 12.7. The quantitative estimate of drug-likeness (QED) is 0.776. The van der Waals surface area contributed by atoms with Crippen LogP contribution in [0.25, 0.3) is 0 Å². The maximum absolute atomic E-state index is 5.33. The van der Waals surface area contributed by atoms with Gasteiger partial charge in [0.15, 0.2) is 5.82 Å². The van der Waals surface area contributed by atoms with Gasteiger partial charge in [-0.2, -0.15) is 16.7 Å². The van der Waals surface area contributed by atoms with Crippen molar-refractivity contribution >= 4 is 11.8 Å². The van der Waals surface area contributed by atoms with Gasteiger partial charge in [-0.05, 0) is 25.6 Å². The number of hydrogen-bond acceptors (Lipinski definition) is 5. The van der Waals surface area contributed by atoms with Crippen LogP contribution in [0.5, 0.6) is 0 Å². The minimum absolute atomic E-state index is 0.273. The Kier molecular flexibility index (Phi) is 6.58. The van der Waals surface area contributed by atoms with Crippen molar-refractivity contribution in [3.63, 3.8) is 0 Å². The highest BCUT2D eigenvalue weighted by Gasteiger charge is 2.22. The van der Waals surface area contributed by atoms with Gasteiger partial charge in [0.05, 0.1) is 11.7 Å². The summed E-state index contributed by atoms with van der Waals surface area (Å²) in [6, 6.07) is 0.414. The molecule has 0 bridgehead atoms. The summed E-state index contributed by atoms with van der Waals surface area (Å²) in [6.45, 7) is 7.54. The fourth-order valence-electron chi connectivity index (χ4n) is 1.82. The molecule has 4 nitrogen and oxygen atoms in total. The van der Waals surface area contributed by atoms with Gasteiger partial charge in [0.2, 0.25) is 5.89 Å². The highest BCUT2D eigenvalue weighted by Crippen LogP contribution is 2.20. The fourth-order valence-corrected chi connectivity index (χ4v) is 2.19. The van der Waals surface area contributed by atoms with E-state index in [9.17, 15) is 0 Å². The van der Waals surface area contributed by atoms with E-state index in [1.54, 1.807) is 11.8 Å². The van der Waals surface area contributed by atoms with Crippen LogP contribution in [0.3, 0.4) is 0 Å². The number of thioether (sulfide) groups is 1. The molecule has 0 spiro atoms. The van der Waals surface area contributed by atoms with E-state index >= 15 is 0 Å². The molecule has 0 saturated heterocycles. The van der Waals surface area contributed by atoms with Gasteiger partial charge in [-0.25, -0.2) is 0 Å². The summed E-state index contributed by atoms with van der Waals surface area (Å²) in [7, 11) is 0. The normalized spacial score (nSPS) is 14.8. The van der Waals surface area contributed by atoms with Gasteiger partial charge in [0.1, 0.15) is 0 Å². The van der Waals surface area contributed by atoms with Crippen molar-refractivity contribution in [2.75, 3.05) is 12.8 Å². The van der Waals surface area contributed by atoms with Crippen LogP contribution in [0.2, 0.25) is 0 Å². The van der Waals surface area contributed by atoms with Crippen LogP contribution in [-0.4, -0.2) is 29.0 Å². The summed E-state index contributed by atoms with van der Waals surface area (Å²) in [6.07, 6.45) is 4.25. The van der Waals surface area contributed by atoms with Gasteiger partial charge in [-0.15, -0.1) is 0 Å². The Bertz CT molecular complexity index is 316. The lowest BCUT2D eigenvalue weighted by Crippen LogP contribution is -2.33. The van der Waals surface area contributed by atoms with E-state index in [1.165, 1.54) is 0 Å². The van der Waals surface area contributed by atoms with E-state index in [0.717, 1.165) is 36.9 Å². The largest absolute Gasteiger partial charge is 0.339 e. The summed E-state index contributed by atoms with van der Waals surface area (Å²) < 4.78 is 5.33. The topological polar surface area (TPSA) is 51.0 Å². The van der Waals surface area contributed by atoms with Crippen LogP contribution in [0.1, 0.15) is 51.2 Å². The molecule has 1 aromatic rings. The Labute approximate surface area is 108 Å². The minimum Gasteiger partial charge on any atom is -0.339 e. The van der Waals surface area contributed by atoms with Crippen molar-refractivity contribution < 1.29 is 4.52 Å². The van der Waals surface area contributed by atoms with E-state index in [2.05, 4.69) is 36.2 Å². The lowest BCUT2D eigenvalue weighted by Gasteiger charge is -2.20. The first-order chi connectivity index (χ1) is 8.22. The average Bonchev–Trinajstić information content (AvgIpc) is 2.79. The second kappa shape index (κ2) is 7.71. The average molecular weight is 257 g/mol. The Balaban J connectivity index is 2.61. The molecule has 98 valence electrons. The number of nitrogens with zero attached hydrogens (tertiary/aromatic N) is 2. The molecule has 0 aromatic carbocycles. The molecule has 0 aliphatic rings. The summed E-state index contributed by atoms with van der Waals surface area (Å²) >= 11 is 1.71. The Hall–Kier alpha value is -0.550. The van der Waals surface area contributed by atoms with Crippen molar-refractivity contribution in [3.8, 4) is 0 Å². The van der Waals surface area contributed by atoms with Gasteiger partial charge >= 0.3 is 0 Å². The molecule has 0 radical (unpaired) electrons. The van der Waals surface area contributed by atoms with Crippen molar-refractivity contribution in [2.45, 2.75) is 51.3 Å². The second-order valence-corrected chi connectivity index (χ2v) is 5.11. The Morgan fingerprint density at radius 1 is 1.41 bits per heavy atom.